The van der Waals surface area contributed by atoms with Crippen molar-refractivity contribution in [2.24, 2.45) is 7.05 Å². The molecule has 0 fully saturated rings. The van der Waals surface area contributed by atoms with Crippen LogP contribution < -0.4 is 10.2 Å². The molecule has 20 heavy (non-hydrogen) atoms. The number of anilines is 1. The standard InChI is InChI=1S/C15H24N4O/c1-5-16-10-14-12(3)17-18(4)15(14)19(6-2)11-13-8-7-9-20-13/h7-9,16H,5-6,10-11H2,1-4H3. The molecular formula is C15H24N4O. The lowest BCUT2D eigenvalue weighted by Crippen LogP contribution is -2.26. The highest BCUT2D eigenvalue weighted by atomic mass is 16.3. The average Bonchev–Trinajstić information content (AvgIpc) is 3.02. The second-order valence-corrected chi connectivity index (χ2v) is 4.89. The van der Waals surface area contributed by atoms with Crippen molar-refractivity contribution < 1.29 is 4.42 Å². The van der Waals surface area contributed by atoms with Crippen LogP contribution in [0.3, 0.4) is 0 Å². The summed E-state index contributed by atoms with van der Waals surface area (Å²) in [5.74, 6) is 2.14. The highest BCUT2D eigenvalue weighted by Gasteiger charge is 2.18. The summed E-state index contributed by atoms with van der Waals surface area (Å²) in [5, 5.41) is 7.96. The highest BCUT2D eigenvalue weighted by Crippen LogP contribution is 2.24. The van der Waals surface area contributed by atoms with Gasteiger partial charge in [0.2, 0.25) is 0 Å². The van der Waals surface area contributed by atoms with Crippen LogP contribution in [-0.2, 0) is 20.1 Å². The predicted molar refractivity (Wildman–Crippen MR) is 80.8 cm³/mol. The molecule has 2 rings (SSSR count). The van der Waals surface area contributed by atoms with Gasteiger partial charge in [-0.2, -0.15) is 5.10 Å². The molecule has 0 saturated heterocycles. The molecule has 2 aromatic rings. The Labute approximate surface area is 120 Å². The smallest absolute Gasteiger partial charge is 0.131 e. The van der Waals surface area contributed by atoms with Crippen molar-refractivity contribution in [1.29, 1.82) is 0 Å². The van der Waals surface area contributed by atoms with E-state index in [-0.39, 0.29) is 0 Å². The van der Waals surface area contributed by atoms with E-state index in [9.17, 15) is 0 Å². The number of aryl methyl sites for hydroxylation is 2. The van der Waals surface area contributed by atoms with Gasteiger partial charge < -0.3 is 14.6 Å². The van der Waals surface area contributed by atoms with Crippen LogP contribution in [0.2, 0.25) is 0 Å². The summed E-state index contributed by atoms with van der Waals surface area (Å²) in [6.07, 6.45) is 1.72. The van der Waals surface area contributed by atoms with E-state index < -0.39 is 0 Å². The van der Waals surface area contributed by atoms with Crippen LogP contribution in [0.4, 0.5) is 5.82 Å². The monoisotopic (exact) mass is 276 g/mol. The van der Waals surface area contributed by atoms with E-state index in [0.29, 0.717) is 0 Å². The summed E-state index contributed by atoms with van der Waals surface area (Å²) in [6, 6.07) is 3.94. The molecule has 0 aliphatic rings. The molecule has 0 spiro atoms. The summed E-state index contributed by atoms with van der Waals surface area (Å²) in [6.45, 7) is 9.82. The van der Waals surface area contributed by atoms with Gasteiger partial charge in [0.25, 0.3) is 0 Å². The number of hydrogen-bond acceptors (Lipinski definition) is 4. The zero-order chi connectivity index (χ0) is 14.5. The van der Waals surface area contributed by atoms with Gasteiger partial charge in [-0.3, -0.25) is 4.68 Å². The third kappa shape index (κ3) is 3.04. The molecule has 0 aliphatic carbocycles. The molecular weight excluding hydrogens is 252 g/mol. The van der Waals surface area contributed by atoms with Crippen LogP contribution >= 0.6 is 0 Å². The number of aromatic nitrogens is 2. The maximum Gasteiger partial charge on any atom is 0.131 e. The molecule has 0 saturated carbocycles. The quantitative estimate of drug-likeness (QED) is 0.844. The van der Waals surface area contributed by atoms with Gasteiger partial charge in [-0.15, -0.1) is 0 Å². The number of nitrogens with one attached hydrogen (secondary N) is 1. The van der Waals surface area contributed by atoms with Crippen LogP contribution in [0, 0.1) is 6.92 Å². The van der Waals surface area contributed by atoms with E-state index >= 15 is 0 Å². The Hall–Kier alpha value is -1.75. The number of hydrogen-bond donors (Lipinski definition) is 1. The zero-order valence-corrected chi connectivity index (χ0v) is 12.8. The van der Waals surface area contributed by atoms with Gasteiger partial charge in [-0.05, 0) is 32.5 Å². The summed E-state index contributed by atoms with van der Waals surface area (Å²) < 4.78 is 7.43. The Bertz CT molecular complexity index is 530. The van der Waals surface area contributed by atoms with Crippen molar-refractivity contribution in [3.63, 3.8) is 0 Å². The molecule has 0 atom stereocenters. The minimum absolute atomic E-state index is 0.765. The zero-order valence-electron chi connectivity index (χ0n) is 12.8. The minimum atomic E-state index is 0.765. The molecule has 1 N–H and O–H groups in total. The van der Waals surface area contributed by atoms with Gasteiger partial charge >= 0.3 is 0 Å². The maximum atomic E-state index is 5.47. The molecule has 5 nitrogen and oxygen atoms in total. The van der Waals surface area contributed by atoms with E-state index in [4.69, 9.17) is 4.42 Å². The van der Waals surface area contributed by atoms with E-state index in [1.807, 2.05) is 23.9 Å². The molecule has 2 heterocycles. The molecule has 2 aromatic heterocycles. The van der Waals surface area contributed by atoms with Gasteiger partial charge in [0.1, 0.15) is 11.6 Å². The lowest BCUT2D eigenvalue weighted by Gasteiger charge is -2.23. The highest BCUT2D eigenvalue weighted by molar-refractivity contribution is 5.50. The lowest BCUT2D eigenvalue weighted by atomic mass is 10.2. The summed E-state index contributed by atoms with van der Waals surface area (Å²) in [4.78, 5) is 2.30. The van der Waals surface area contributed by atoms with Crippen molar-refractivity contribution in [1.82, 2.24) is 15.1 Å². The van der Waals surface area contributed by atoms with Gasteiger partial charge in [-0.25, -0.2) is 0 Å². The molecule has 0 bridgehead atoms. The summed E-state index contributed by atoms with van der Waals surface area (Å²) >= 11 is 0. The Morgan fingerprint density at radius 2 is 2.20 bits per heavy atom. The predicted octanol–water partition coefficient (Wildman–Crippen LogP) is 2.46. The van der Waals surface area contributed by atoms with Crippen LogP contribution in [0.15, 0.2) is 22.8 Å². The summed E-state index contributed by atoms with van der Waals surface area (Å²) in [5.41, 5.74) is 2.35. The van der Waals surface area contributed by atoms with Crippen molar-refractivity contribution >= 4 is 5.82 Å². The molecule has 0 aromatic carbocycles. The van der Waals surface area contributed by atoms with Gasteiger partial charge in [-0.1, -0.05) is 6.92 Å². The van der Waals surface area contributed by atoms with Crippen LogP contribution in [0.25, 0.3) is 0 Å². The lowest BCUT2D eigenvalue weighted by molar-refractivity contribution is 0.500. The van der Waals surface area contributed by atoms with E-state index in [0.717, 1.165) is 37.6 Å². The topological polar surface area (TPSA) is 46.2 Å². The van der Waals surface area contributed by atoms with E-state index in [2.05, 4.69) is 36.1 Å². The van der Waals surface area contributed by atoms with Crippen LogP contribution in [-0.4, -0.2) is 22.9 Å². The first-order chi connectivity index (χ1) is 9.67. The van der Waals surface area contributed by atoms with Crippen molar-refractivity contribution in [2.45, 2.75) is 33.9 Å². The second kappa shape index (κ2) is 6.61. The Morgan fingerprint density at radius 3 is 2.80 bits per heavy atom. The molecule has 5 heteroatoms. The first kappa shape index (κ1) is 14.7. The number of furan rings is 1. The van der Waals surface area contributed by atoms with Crippen molar-refractivity contribution in [2.75, 3.05) is 18.0 Å². The van der Waals surface area contributed by atoms with Crippen LogP contribution in [0.1, 0.15) is 30.9 Å². The Balaban J connectivity index is 2.28. The fraction of sp³-hybridized carbons (Fsp3) is 0.533. The third-order valence-electron chi connectivity index (χ3n) is 3.47. The largest absolute Gasteiger partial charge is 0.467 e. The Kier molecular flexibility index (Phi) is 4.84. The average molecular weight is 276 g/mol. The molecule has 110 valence electrons. The van der Waals surface area contributed by atoms with Crippen molar-refractivity contribution in [3.8, 4) is 0 Å². The van der Waals surface area contributed by atoms with E-state index in [1.165, 1.54) is 11.4 Å². The first-order valence-electron chi connectivity index (χ1n) is 7.17. The molecule has 0 aliphatic heterocycles. The fourth-order valence-electron chi connectivity index (χ4n) is 2.47. The molecule has 0 amide bonds. The van der Waals surface area contributed by atoms with Crippen LogP contribution in [0.5, 0.6) is 0 Å². The normalized spacial score (nSPS) is 11.0. The van der Waals surface area contributed by atoms with Gasteiger partial charge in [0.05, 0.1) is 18.5 Å². The first-order valence-corrected chi connectivity index (χ1v) is 7.17. The summed E-state index contributed by atoms with van der Waals surface area (Å²) in [7, 11) is 2.00. The van der Waals surface area contributed by atoms with Crippen molar-refractivity contribution in [3.05, 3.63) is 35.4 Å². The van der Waals surface area contributed by atoms with E-state index in [1.54, 1.807) is 6.26 Å². The molecule has 0 radical (unpaired) electrons. The molecule has 0 unspecified atom stereocenters. The van der Waals surface area contributed by atoms with Gasteiger partial charge in [0, 0.05) is 25.7 Å². The fourth-order valence-corrected chi connectivity index (χ4v) is 2.47. The number of rotatable bonds is 7. The minimum Gasteiger partial charge on any atom is -0.467 e. The Morgan fingerprint density at radius 1 is 1.40 bits per heavy atom. The number of nitrogens with zero attached hydrogens (tertiary/aromatic N) is 3. The third-order valence-corrected chi connectivity index (χ3v) is 3.47. The van der Waals surface area contributed by atoms with Gasteiger partial charge in [0.15, 0.2) is 0 Å². The SMILES string of the molecule is CCNCc1c(C)nn(C)c1N(CC)Cc1ccco1. The maximum absolute atomic E-state index is 5.47. The second-order valence-electron chi connectivity index (χ2n) is 4.89.